The van der Waals surface area contributed by atoms with Crippen LogP contribution in [0.2, 0.25) is 0 Å². The van der Waals surface area contributed by atoms with E-state index in [4.69, 9.17) is 10.5 Å². The summed E-state index contributed by atoms with van der Waals surface area (Å²) >= 11 is 0. The zero-order valence-corrected chi connectivity index (χ0v) is 13.7. The number of carboxylic acid groups (broad SMARTS) is 1. The molecule has 1 aromatic heterocycles. The van der Waals surface area contributed by atoms with E-state index in [9.17, 15) is 4.79 Å². The fraction of sp³-hybridized carbons (Fsp3) is 0.150. The molecule has 126 valence electrons. The molecule has 0 radical (unpaired) electrons. The Morgan fingerprint density at radius 3 is 2.20 bits per heavy atom. The lowest BCUT2D eigenvalue weighted by Crippen LogP contribution is -2.25. The van der Waals surface area contributed by atoms with Crippen LogP contribution >= 0.6 is 0 Å². The van der Waals surface area contributed by atoms with Crippen LogP contribution in [0.3, 0.4) is 0 Å². The molecule has 0 unspecified atom stereocenters. The summed E-state index contributed by atoms with van der Waals surface area (Å²) in [4.78, 5) is 10.8. The van der Waals surface area contributed by atoms with Crippen molar-refractivity contribution in [3.05, 3.63) is 72.2 Å². The van der Waals surface area contributed by atoms with Gasteiger partial charge in [-0.1, -0.05) is 60.7 Å². The summed E-state index contributed by atoms with van der Waals surface area (Å²) in [5.74, 6) is -0.838. The van der Waals surface area contributed by atoms with E-state index in [0.717, 1.165) is 22.4 Å². The highest BCUT2D eigenvalue weighted by Crippen LogP contribution is 2.21. The summed E-state index contributed by atoms with van der Waals surface area (Å²) in [6.07, 6.45) is 0.496. The molecule has 0 bridgehead atoms. The Balaban J connectivity index is 2.08. The summed E-state index contributed by atoms with van der Waals surface area (Å²) in [5, 5.41) is 21.9. The number of nitrogens with one attached hydrogen (secondary N) is 1. The van der Waals surface area contributed by atoms with Gasteiger partial charge in [0.25, 0.3) is 0 Å². The van der Waals surface area contributed by atoms with Gasteiger partial charge in [-0.2, -0.15) is 5.10 Å². The molecule has 2 aromatic carbocycles. The smallest absolute Gasteiger partial charge is 0.303 e. The van der Waals surface area contributed by atoms with E-state index in [1.165, 1.54) is 0 Å². The number of nitrogens with zero attached hydrogens (tertiary/aromatic N) is 2. The highest BCUT2D eigenvalue weighted by Gasteiger charge is 2.10. The zero-order valence-electron chi connectivity index (χ0n) is 13.7. The lowest BCUT2D eigenvalue weighted by molar-refractivity contribution is -0.137. The largest absolute Gasteiger partial charge is 0.481 e. The van der Waals surface area contributed by atoms with Crippen LogP contribution < -0.4 is 5.49 Å². The van der Waals surface area contributed by atoms with Gasteiger partial charge in [-0.25, -0.2) is 4.68 Å². The summed E-state index contributed by atoms with van der Waals surface area (Å²) in [7, 11) is 0. The van der Waals surface area contributed by atoms with Crippen molar-refractivity contribution in [2.24, 2.45) is 0 Å². The Morgan fingerprint density at radius 2 is 1.60 bits per heavy atom. The van der Waals surface area contributed by atoms with Crippen molar-refractivity contribution in [2.45, 2.75) is 19.4 Å². The normalized spacial score (nSPS) is 10.6. The fourth-order valence-electron chi connectivity index (χ4n) is 2.68. The first-order chi connectivity index (χ1) is 12.1. The molecule has 0 atom stereocenters. The predicted molar refractivity (Wildman–Crippen MR) is 95.8 cm³/mol. The average molecular weight is 333 g/mol. The van der Waals surface area contributed by atoms with Gasteiger partial charge in [-0.3, -0.25) is 10.2 Å². The van der Waals surface area contributed by atoms with Crippen LogP contribution in [0.15, 0.2) is 66.7 Å². The van der Waals surface area contributed by atoms with E-state index in [-0.39, 0.29) is 11.9 Å². The van der Waals surface area contributed by atoms with Crippen molar-refractivity contribution < 1.29 is 9.90 Å². The number of hydrogen-bond acceptors (Lipinski definition) is 3. The van der Waals surface area contributed by atoms with Gasteiger partial charge in [0.05, 0.1) is 5.69 Å². The highest BCUT2D eigenvalue weighted by molar-refractivity contribution is 5.69. The van der Waals surface area contributed by atoms with E-state index < -0.39 is 5.97 Å². The Labute approximate surface area is 145 Å². The topological polar surface area (TPSA) is 79.0 Å². The molecular formula is C20H19N3O2. The van der Waals surface area contributed by atoms with Gasteiger partial charge in [-0.05, 0) is 18.1 Å². The zero-order chi connectivity index (χ0) is 17.6. The summed E-state index contributed by atoms with van der Waals surface area (Å²) < 4.78 is 1.59. The van der Waals surface area contributed by atoms with Gasteiger partial charge in [0.15, 0.2) is 0 Å². The van der Waals surface area contributed by atoms with Gasteiger partial charge in [0.2, 0.25) is 0 Å². The maximum atomic E-state index is 10.8. The Hall–Kier alpha value is -3.21. The molecule has 0 saturated carbocycles. The molecule has 0 amide bonds. The predicted octanol–water partition coefficient (Wildman–Crippen LogP) is 3.56. The first-order valence-electron chi connectivity index (χ1n) is 8.14. The van der Waals surface area contributed by atoms with E-state index in [1.807, 2.05) is 66.7 Å². The maximum Gasteiger partial charge on any atom is 0.303 e. The third-order valence-corrected chi connectivity index (χ3v) is 3.94. The van der Waals surface area contributed by atoms with Crippen molar-refractivity contribution in [1.29, 1.82) is 5.41 Å². The lowest BCUT2D eigenvalue weighted by atomic mass is 10.0. The molecule has 2 N–H and O–H groups in total. The fourth-order valence-corrected chi connectivity index (χ4v) is 2.68. The van der Waals surface area contributed by atoms with Crippen LogP contribution in [0.4, 0.5) is 0 Å². The van der Waals surface area contributed by atoms with E-state index in [0.29, 0.717) is 13.0 Å². The second-order valence-electron chi connectivity index (χ2n) is 5.74. The Bertz CT molecular complexity index is 919. The van der Waals surface area contributed by atoms with Crippen LogP contribution in [0.1, 0.15) is 12.8 Å². The van der Waals surface area contributed by atoms with Crippen molar-refractivity contribution in [3.8, 4) is 22.4 Å². The van der Waals surface area contributed by atoms with E-state index in [2.05, 4.69) is 5.10 Å². The summed E-state index contributed by atoms with van der Waals surface area (Å²) in [6.45, 7) is 0.394. The quantitative estimate of drug-likeness (QED) is 0.724. The van der Waals surface area contributed by atoms with Crippen LogP contribution in [0.25, 0.3) is 22.4 Å². The molecule has 0 spiro atoms. The van der Waals surface area contributed by atoms with Crippen molar-refractivity contribution in [3.63, 3.8) is 0 Å². The number of carboxylic acids is 1. The van der Waals surface area contributed by atoms with Crippen LogP contribution in [-0.2, 0) is 11.3 Å². The second kappa shape index (κ2) is 7.57. The molecule has 0 fully saturated rings. The number of aliphatic carboxylic acids is 1. The van der Waals surface area contributed by atoms with Crippen molar-refractivity contribution >= 4 is 5.97 Å². The second-order valence-corrected chi connectivity index (χ2v) is 5.74. The standard InChI is InChI=1S/C20H19N3O2/c21-20-17(15-8-3-1-4-9-15)14-18(16-10-5-2-6-11-16)22-23(20)13-7-12-19(24)25/h1-6,8-11,14,21H,7,12-13H2,(H,24,25). The molecule has 0 aliphatic rings. The first kappa shape index (κ1) is 16.6. The van der Waals surface area contributed by atoms with Crippen molar-refractivity contribution in [2.75, 3.05) is 0 Å². The summed E-state index contributed by atoms with van der Waals surface area (Å²) in [5.41, 5.74) is 3.75. The number of aryl methyl sites for hydroxylation is 1. The highest BCUT2D eigenvalue weighted by atomic mass is 16.4. The Morgan fingerprint density at radius 1 is 1.00 bits per heavy atom. The summed E-state index contributed by atoms with van der Waals surface area (Å²) in [6, 6.07) is 21.4. The van der Waals surface area contributed by atoms with Gasteiger partial charge < -0.3 is 5.11 Å². The molecule has 3 aromatic rings. The van der Waals surface area contributed by atoms with Crippen LogP contribution in [0, 0.1) is 5.41 Å². The Kier molecular flexibility index (Phi) is 5.04. The van der Waals surface area contributed by atoms with Gasteiger partial charge in [0, 0.05) is 24.1 Å². The minimum atomic E-state index is -0.838. The third kappa shape index (κ3) is 4.01. The van der Waals surface area contributed by atoms with Gasteiger partial charge >= 0.3 is 5.97 Å². The minimum absolute atomic E-state index is 0.0599. The average Bonchev–Trinajstić information content (AvgIpc) is 2.64. The number of aromatic nitrogens is 2. The number of carbonyl (C=O) groups is 1. The molecule has 5 heteroatoms. The molecule has 25 heavy (non-hydrogen) atoms. The molecule has 5 nitrogen and oxygen atoms in total. The molecule has 1 heterocycles. The minimum Gasteiger partial charge on any atom is -0.481 e. The molecular weight excluding hydrogens is 314 g/mol. The number of benzene rings is 2. The van der Waals surface area contributed by atoms with Crippen molar-refractivity contribution in [1.82, 2.24) is 9.78 Å². The van der Waals surface area contributed by atoms with Gasteiger partial charge in [-0.15, -0.1) is 0 Å². The molecule has 0 aliphatic heterocycles. The SMILES string of the molecule is N=c1c(-c2ccccc2)cc(-c2ccccc2)nn1CCCC(=O)O. The first-order valence-corrected chi connectivity index (χ1v) is 8.14. The number of rotatable bonds is 6. The monoisotopic (exact) mass is 333 g/mol. The number of hydrogen-bond donors (Lipinski definition) is 2. The molecule has 3 rings (SSSR count). The van der Waals surface area contributed by atoms with E-state index in [1.54, 1.807) is 4.68 Å². The molecule has 0 aliphatic carbocycles. The van der Waals surface area contributed by atoms with E-state index >= 15 is 0 Å². The van der Waals surface area contributed by atoms with Gasteiger partial charge in [0.1, 0.15) is 5.49 Å². The maximum absolute atomic E-state index is 10.8. The molecule has 0 saturated heterocycles. The van der Waals surface area contributed by atoms with Crippen LogP contribution in [0.5, 0.6) is 0 Å². The lowest BCUT2D eigenvalue weighted by Gasteiger charge is -2.12. The van der Waals surface area contributed by atoms with Crippen LogP contribution in [-0.4, -0.2) is 20.9 Å². The third-order valence-electron chi connectivity index (χ3n) is 3.94.